The molecule has 18 heavy (non-hydrogen) atoms. The summed E-state index contributed by atoms with van der Waals surface area (Å²) in [5.74, 6) is 0. The third kappa shape index (κ3) is 2.89. The first-order valence-corrected chi connectivity index (χ1v) is 7.30. The second-order valence-corrected chi connectivity index (χ2v) is 6.25. The summed E-state index contributed by atoms with van der Waals surface area (Å²) in [5, 5.41) is 8.93. The van der Waals surface area contributed by atoms with Crippen molar-refractivity contribution >= 4 is 11.6 Å². The fraction of sp³-hybridized carbons (Fsp3) is 0.786. The van der Waals surface area contributed by atoms with Crippen molar-refractivity contribution in [3.8, 4) is 0 Å². The van der Waals surface area contributed by atoms with Gasteiger partial charge in [-0.1, -0.05) is 25.4 Å². The lowest BCUT2D eigenvalue weighted by molar-refractivity contribution is 0.416. The summed E-state index contributed by atoms with van der Waals surface area (Å²) < 4.78 is 2.06. The summed E-state index contributed by atoms with van der Waals surface area (Å²) in [7, 11) is 0. The van der Waals surface area contributed by atoms with Gasteiger partial charge in [0.2, 0.25) is 0 Å². The molecule has 0 unspecified atom stereocenters. The summed E-state index contributed by atoms with van der Waals surface area (Å²) in [6, 6.07) is 0.552. The highest BCUT2D eigenvalue weighted by Gasteiger charge is 2.43. The molecule has 1 aromatic rings. The Morgan fingerprint density at radius 2 is 2.11 bits per heavy atom. The summed E-state index contributed by atoms with van der Waals surface area (Å²) in [5.41, 5.74) is 2.61. The van der Waals surface area contributed by atoms with Gasteiger partial charge in [0, 0.05) is 19.1 Å². The van der Waals surface area contributed by atoms with Crippen LogP contribution in [0.25, 0.3) is 0 Å². The highest BCUT2D eigenvalue weighted by atomic mass is 35.5. The van der Waals surface area contributed by atoms with Crippen molar-refractivity contribution in [2.75, 3.05) is 6.54 Å². The van der Waals surface area contributed by atoms with Gasteiger partial charge in [-0.2, -0.15) is 5.10 Å². The SMILES string of the molecule is CCn1nc(C)c(Cl)c1CC1(CNC(C)C)CC1. The first-order chi connectivity index (χ1) is 8.47. The number of aryl methyl sites for hydroxylation is 2. The Hall–Kier alpha value is -0.540. The van der Waals surface area contributed by atoms with Crippen molar-refractivity contribution in [1.82, 2.24) is 15.1 Å². The smallest absolute Gasteiger partial charge is 0.0847 e. The molecule has 0 aliphatic heterocycles. The molecule has 1 saturated carbocycles. The molecular formula is C14H24ClN3. The van der Waals surface area contributed by atoms with E-state index in [0.29, 0.717) is 11.5 Å². The fourth-order valence-corrected chi connectivity index (χ4v) is 2.61. The Labute approximate surface area is 115 Å². The number of hydrogen-bond acceptors (Lipinski definition) is 2. The lowest BCUT2D eigenvalue weighted by atomic mass is 9.99. The van der Waals surface area contributed by atoms with E-state index in [9.17, 15) is 0 Å². The van der Waals surface area contributed by atoms with Crippen LogP contribution in [-0.2, 0) is 13.0 Å². The van der Waals surface area contributed by atoms with Gasteiger partial charge in [-0.15, -0.1) is 0 Å². The maximum atomic E-state index is 6.39. The first kappa shape index (κ1) is 13.9. The molecule has 0 saturated heterocycles. The van der Waals surface area contributed by atoms with Crippen molar-refractivity contribution < 1.29 is 0 Å². The number of rotatable bonds is 6. The van der Waals surface area contributed by atoms with Crippen molar-refractivity contribution in [2.45, 2.75) is 59.5 Å². The lowest BCUT2D eigenvalue weighted by Crippen LogP contribution is -2.31. The molecule has 4 heteroatoms. The standard InChI is InChI=1S/C14H24ClN3/c1-5-18-12(13(15)11(4)17-18)8-14(6-7-14)9-16-10(2)3/h10,16H,5-9H2,1-4H3. The number of nitrogens with zero attached hydrogens (tertiary/aromatic N) is 2. The number of hydrogen-bond donors (Lipinski definition) is 1. The van der Waals surface area contributed by atoms with Crippen molar-refractivity contribution in [2.24, 2.45) is 5.41 Å². The molecule has 1 aliphatic rings. The van der Waals surface area contributed by atoms with Crippen LogP contribution in [0.15, 0.2) is 0 Å². The molecule has 0 bridgehead atoms. The van der Waals surface area contributed by atoms with Crippen LogP contribution >= 0.6 is 11.6 Å². The number of aromatic nitrogens is 2. The molecule has 0 amide bonds. The van der Waals surface area contributed by atoms with Crippen LogP contribution in [0.1, 0.15) is 45.0 Å². The molecule has 1 N–H and O–H groups in total. The van der Waals surface area contributed by atoms with Gasteiger partial charge in [0.1, 0.15) is 0 Å². The second-order valence-electron chi connectivity index (χ2n) is 5.87. The van der Waals surface area contributed by atoms with E-state index in [-0.39, 0.29) is 0 Å². The van der Waals surface area contributed by atoms with Crippen LogP contribution in [0.5, 0.6) is 0 Å². The van der Waals surface area contributed by atoms with Gasteiger partial charge in [-0.3, -0.25) is 4.68 Å². The minimum Gasteiger partial charge on any atom is -0.314 e. The molecular weight excluding hydrogens is 246 g/mol. The predicted molar refractivity (Wildman–Crippen MR) is 76.2 cm³/mol. The Morgan fingerprint density at radius 1 is 1.44 bits per heavy atom. The van der Waals surface area contributed by atoms with Gasteiger partial charge in [0.25, 0.3) is 0 Å². The van der Waals surface area contributed by atoms with Crippen LogP contribution in [-0.4, -0.2) is 22.4 Å². The van der Waals surface area contributed by atoms with Crippen molar-refractivity contribution in [3.63, 3.8) is 0 Å². The maximum Gasteiger partial charge on any atom is 0.0847 e. The Balaban J connectivity index is 2.09. The number of halogens is 1. The zero-order valence-corrected chi connectivity index (χ0v) is 12.6. The maximum absolute atomic E-state index is 6.39. The lowest BCUT2D eigenvalue weighted by Gasteiger charge is -2.18. The minimum atomic E-state index is 0.424. The minimum absolute atomic E-state index is 0.424. The zero-order valence-electron chi connectivity index (χ0n) is 11.9. The third-order valence-electron chi connectivity index (χ3n) is 3.84. The van der Waals surface area contributed by atoms with Crippen LogP contribution in [0.2, 0.25) is 5.02 Å². The molecule has 0 atom stereocenters. The van der Waals surface area contributed by atoms with Crippen LogP contribution in [0, 0.1) is 12.3 Å². The first-order valence-electron chi connectivity index (χ1n) is 6.92. The second kappa shape index (κ2) is 5.22. The molecule has 1 aliphatic carbocycles. The van der Waals surface area contributed by atoms with Crippen molar-refractivity contribution in [1.29, 1.82) is 0 Å². The molecule has 1 fully saturated rings. The Bertz CT molecular complexity index is 419. The van der Waals surface area contributed by atoms with Crippen LogP contribution in [0.4, 0.5) is 0 Å². The molecule has 1 heterocycles. The largest absolute Gasteiger partial charge is 0.314 e. The summed E-state index contributed by atoms with van der Waals surface area (Å²) in [6.07, 6.45) is 3.66. The average molecular weight is 270 g/mol. The van der Waals surface area contributed by atoms with E-state index < -0.39 is 0 Å². The Morgan fingerprint density at radius 3 is 2.61 bits per heavy atom. The van der Waals surface area contributed by atoms with E-state index in [1.54, 1.807) is 0 Å². The topological polar surface area (TPSA) is 29.9 Å². The molecule has 0 radical (unpaired) electrons. The quantitative estimate of drug-likeness (QED) is 0.860. The number of nitrogens with one attached hydrogen (secondary N) is 1. The monoisotopic (exact) mass is 269 g/mol. The van der Waals surface area contributed by atoms with E-state index in [2.05, 4.69) is 35.9 Å². The summed E-state index contributed by atoms with van der Waals surface area (Å²) in [6.45, 7) is 10.5. The van der Waals surface area contributed by atoms with Gasteiger partial charge >= 0.3 is 0 Å². The highest BCUT2D eigenvalue weighted by Crippen LogP contribution is 2.48. The predicted octanol–water partition coefficient (Wildman–Crippen LogP) is 3.19. The van der Waals surface area contributed by atoms with E-state index >= 15 is 0 Å². The van der Waals surface area contributed by atoms with Gasteiger partial charge < -0.3 is 5.32 Å². The van der Waals surface area contributed by atoms with E-state index in [1.807, 2.05) is 6.92 Å². The third-order valence-corrected chi connectivity index (χ3v) is 4.33. The summed E-state index contributed by atoms with van der Waals surface area (Å²) >= 11 is 6.39. The summed E-state index contributed by atoms with van der Waals surface area (Å²) in [4.78, 5) is 0. The van der Waals surface area contributed by atoms with Gasteiger partial charge in [0.15, 0.2) is 0 Å². The van der Waals surface area contributed by atoms with Crippen molar-refractivity contribution in [3.05, 3.63) is 16.4 Å². The van der Waals surface area contributed by atoms with E-state index in [0.717, 1.165) is 30.2 Å². The molecule has 3 nitrogen and oxygen atoms in total. The molecule has 102 valence electrons. The molecule has 0 spiro atoms. The van der Waals surface area contributed by atoms with Gasteiger partial charge in [-0.05, 0) is 38.5 Å². The molecule has 2 rings (SSSR count). The van der Waals surface area contributed by atoms with Gasteiger partial charge in [-0.25, -0.2) is 0 Å². The average Bonchev–Trinajstić information content (AvgIpc) is 3.05. The van der Waals surface area contributed by atoms with Crippen LogP contribution in [0.3, 0.4) is 0 Å². The molecule has 0 aromatic carbocycles. The van der Waals surface area contributed by atoms with E-state index in [4.69, 9.17) is 11.6 Å². The highest BCUT2D eigenvalue weighted by molar-refractivity contribution is 6.31. The van der Waals surface area contributed by atoms with E-state index in [1.165, 1.54) is 18.5 Å². The zero-order chi connectivity index (χ0) is 13.3. The van der Waals surface area contributed by atoms with Gasteiger partial charge in [0.05, 0.1) is 16.4 Å². The fourth-order valence-electron chi connectivity index (χ4n) is 2.41. The normalized spacial score (nSPS) is 17.4. The Kier molecular flexibility index (Phi) is 4.02. The molecule has 1 aromatic heterocycles. The van der Waals surface area contributed by atoms with Crippen LogP contribution < -0.4 is 5.32 Å².